The molecule has 0 atom stereocenters. The van der Waals surface area contributed by atoms with Crippen molar-refractivity contribution in [2.24, 2.45) is 5.73 Å². The standard InChI is InChI=1S/C11H8N4O2S/c12-9(16)7-4-14-15-5-8(18-11(7)15)6-2-1-3-13-10(6)17/h1-5H,(H2,12,16)(H,13,17). The molecule has 6 nitrogen and oxygen atoms in total. The average molecular weight is 260 g/mol. The highest BCUT2D eigenvalue weighted by atomic mass is 32.1. The van der Waals surface area contributed by atoms with Crippen LogP contribution in [0.2, 0.25) is 0 Å². The highest BCUT2D eigenvalue weighted by molar-refractivity contribution is 7.21. The van der Waals surface area contributed by atoms with Crippen LogP contribution < -0.4 is 5.73 Å². The molecule has 0 unspecified atom stereocenters. The molecule has 7 heteroatoms. The van der Waals surface area contributed by atoms with Crippen molar-refractivity contribution in [1.82, 2.24) is 14.6 Å². The molecule has 90 valence electrons. The molecule has 18 heavy (non-hydrogen) atoms. The summed E-state index contributed by atoms with van der Waals surface area (Å²) in [4.78, 5) is 16.4. The van der Waals surface area contributed by atoms with Crippen LogP contribution in [0.3, 0.4) is 0 Å². The van der Waals surface area contributed by atoms with Crippen molar-refractivity contribution in [3.05, 3.63) is 36.3 Å². The summed E-state index contributed by atoms with van der Waals surface area (Å²) in [5, 5.41) is 13.7. The van der Waals surface area contributed by atoms with Gasteiger partial charge in [0.1, 0.15) is 4.83 Å². The van der Waals surface area contributed by atoms with E-state index in [0.717, 1.165) is 4.88 Å². The first-order chi connectivity index (χ1) is 8.66. The van der Waals surface area contributed by atoms with E-state index in [2.05, 4.69) is 10.1 Å². The van der Waals surface area contributed by atoms with Crippen LogP contribution in [0.15, 0.2) is 30.7 Å². The molecule has 0 bridgehead atoms. The summed E-state index contributed by atoms with van der Waals surface area (Å²) in [5.74, 6) is -0.573. The van der Waals surface area contributed by atoms with E-state index >= 15 is 0 Å². The number of primary amides is 1. The second-order valence-electron chi connectivity index (χ2n) is 3.64. The molecule has 0 saturated heterocycles. The number of aromatic nitrogens is 3. The lowest BCUT2D eigenvalue weighted by atomic mass is 10.2. The highest BCUT2D eigenvalue weighted by Gasteiger charge is 2.15. The lowest BCUT2D eigenvalue weighted by Crippen LogP contribution is -2.09. The topological polar surface area (TPSA) is 93.5 Å². The first-order valence-electron chi connectivity index (χ1n) is 5.08. The maximum absolute atomic E-state index is 11.2. The number of hydrogen-bond donors (Lipinski definition) is 2. The number of pyridine rings is 1. The summed E-state index contributed by atoms with van der Waals surface area (Å²) < 4.78 is 1.56. The fourth-order valence-corrected chi connectivity index (χ4v) is 2.76. The van der Waals surface area contributed by atoms with Gasteiger partial charge in [-0.05, 0) is 12.1 Å². The molecule has 3 heterocycles. The average Bonchev–Trinajstić information content (AvgIpc) is 2.88. The maximum Gasteiger partial charge on any atom is 0.253 e. The van der Waals surface area contributed by atoms with Crippen LogP contribution in [-0.4, -0.2) is 25.6 Å². The van der Waals surface area contributed by atoms with E-state index in [9.17, 15) is 9.90 Å². The fourth-order valence-electron chi connectivity index (χ4n) is 1.67. The zero-order valence-corrected chi connectivity index (χ0v) is 9.89. The van der Waals surface area contributed by atoms with Crippen LogP contribution >= 0.6 is 11.3 Å². The number of aromatic hydroxyl groups is 1. The molecule has 0 saturated carbocycles. The molecule has 0 aliphatic carbocycles. The molecule has 0 spiro atoms. The fraction of sp³-hybridized carbons (Fsp3) is 0. The van der Waals surface area contributed by atoms with E-state index in [1.807, 2.05) is 0 Å². The van der Waals surface area contributed by atoms with Crippen molar-refractivity contribution >= 4 is 22.1 Å². The van der Waals surface area contributed by atoms with Gasteiger partial charge in [0, 0.05) is 12.4 Å². The number of nitrogens with two attached hydrogens (primary N) is 1. The predicted molar refractivity (Wildman–Crippen MR) is 66.5 cm³/mol. The monoisotopic (exact) mass is 260 g/mol. The first kappa shape index (κ1) is 10.7. The van der Waals surface area contributed by atoms with E-state index in [-0.39, 0.29) is 5.88 Å². The van der Waals surface area contributed by atoms with Gasteiger partial charge in [-0.2, -0.15) is 5.10 Å². The van der Waals surface area contributed by atoms with Crippen molar-refractivity contribution in [3.8, 4) is 16.3 Å². The van der Waals surface area contributed by atoms with E-state index < -0.39 is 5.91 Å². The van der Waals surface area contributed by atoms with E-state index in [4.69, 9.17) is 5.73 Å². The number of nitrogens with zero attached hydrogens (tertiary/aromatic N) is 3. The van der Waals surface area contributed by atoms with Gasteiger partial charge in [-0.15, -0.1) is 11.3 Å². The van der Waals surface area contributed by atoms with E-state index in [1.54, 1.807) is 22.8 Å². The smallest absolute Gasteiger partial charge is 0.253 e. The third-order valence-electron chi connectivity index (χ3n) is 2.51. The summed E-state index contributed by atoms with van der Waals surface area (Å²) in [6, 6.07) is 3.48. The Morgan fingerprint density at radius 3 is 3.06 bits per heavy atom. The Balaban J connectivity index is 2.20. The van der Waals surface area contributed by atoms with Gasteiger partial charge in [-0.1, -0.05) is 0 Å². The van der Waals surface area contributed by atoms with Crippen LogP contribution in [0.5, 0.6) is 5.88 Å². The summed E-state index contributed by atoms with van der Waals surface area (Å²) in [6.07, 6.45) is 4.66. The lowest BCUT2D eigenvalue weighted by molar-refractivity contribution is 0.100. The number of rotatable bonds is 2. The van der Waals surface area contributed by atoms with Crippen LogP contribution in [0, 0.1) is 0 Å². The van der Waals surface area contributed by atoms with Crippen LogP contribution in [0.4, 0.5) is 0 Å². The normalized spacial score (nSPS) is 10.9. The molecule has 3 rings (SSSR count). The van der Waals surface area contributed by atoms with Crippen molar-refractivity contribution in [2.75, 3.05) is 0 Å². The Hall–Kier alpha value is -2.41. The number of amides is 1. The molecule has 0 aromatic carbocycles. The molecule has 3 aromatic heterocycles. The van der Waals surface area contributed by atoms with Gasteiger partial charge in [0.2, 0.25) is 5.88 Å². The molecular weight excluding hydrogens is 252 g/mol. The quantitative estimate of drug-likeness (QED) is 0.725. The summed E-state index contributed by atoms with van der Waals surface area (Å²) in [7, 11) is 0. The van der Waals surface area contributed by atoms with Gasteiger partial charge in [-0.3, -0.25) is 4.79 Å². The second kappa shape index (κ2) is 3.81. The molecule has 0 aliphatic heterocycles. The van der Waals surface area contributed by atoms with Gasteiger partial charge >= 0.3 is 0 Å². The first-order valence-corrected chi connectivity index (χ1v) is 5.90. The van der Waals surface area contributed by atoms with E-state index in [1.165, 1.54) is 23.7 Å². The number of thiazole rings is 1. The zero-order chi connectivity index (χ0) is 12.7. The van der Waals surface area contributed by atoms with Crippen molar-refractivity contribution in [2.45, 2.75) is 0 Å². The highest BCUT2D eigenvalue weighted by Crippen LogP contribution is 2.34. The number of carbonyl (C=O) groups is 1. The molecule has 0 radical (unpaired) electrons. The molecular formula is C11H8N4O2S. The SMILES string of the molecule is NC(=O)c1cnn2cc(-c3cccnc3O)sc12. The Morgan fingerprint density at radius 2 is 2.33 bits per heavy atom. The largest absolute Gasteiger partial charge is 0.493 e. The summed E-state index contributed by atoms with van der Waals surface area (Å²) in [5.41, 5.74) is 6.23. The Kier molecular flexibility index (Phi) is 2.27. The molecule has 1 amide bonds. The molecule has 0 fully saturated rings. The van der Waals surface area contributed by atoms with E-state index in [0.29, 0.717) is 16.0 Å². The van der Waals surface area contributed by atoms with Crippen molar-refractivity contribution in [1.29, 1.82) is 0 Å². The number of hydrogen-bond acceptors (Lipinski definition) is 5. The summed E-state index contributed by atoms with van der Waals surface area (Å²) >= 11 is 1.33. The lowest BCUT2D eigenvalue weighted by Gasteiger charge is -1.97. The second-order valence-corrected chi connectivity index (χ2v) is 4.67. The zero-order valence-electron chi connectivity index (χ0n) is 9.07. The summed E-state index contributed by atoms with van der Waals surface area (Å²) in [6.45, 7) is 0. The molecule has 3 aromatic rings. The van der Waals surface area contributed by atoms with Crippen molar-refractivity contribution < 1.29 is 9.90 Å². The van der Waals surface area contributed by atoms with Crippen LogP contribution in [-0.2, 0) is 0 Å². The predicted octanol–water partition coefficient (Wildman–Crippen LogP) is 1.26. The minimum absolute atomic E-state index is 0.0531. The minimum Gasteiger partial charge on any atom is -0.493 e. The minimum atomic E-state index is -0.520. The Labute approximate surface area is 105 Å². The van der Waals surface area contributed by atoms with Gasteiger partial charge in [0.25, 0.3) is 5.91 Å². The van der Waals surface area contributed by atoms with Gasteiger partial charge < -0.3 is 10.8 Å². The third-order valence-corrected chi connectivity index (χ3v) is 3.66. The van der Waals surface area contributed by atoms with Gasteiger partial charge in [0.05, 0.1) is 22.2 Å². The molecule has 0 aliphatic rings. The Morgan fingerprint density at radius 1 is 1.50 bits per heavy atom. The maximum atomic E-state index is 11.2. The van der Waals surface area contributed by atoms with Crippen LogP contribution in [0.1, 0.15) is 10.4 Å². The van der Waals surface area contributed by atoms with Gasteiger partial charge in [0.15, 0.2) is 0 Å². The van der Waals surface area contributed by atoms with Gasteiger partial charge in [-0.25, -0.2) is 9.50 Å². The van der Waals surface area contributed by atoms with Crippen LogP contribution in [0.25, 0.3) is 15.3 Å². The number of carbonyl (C=O) groups excluding carboxylic acids is 1. The third kappa shape index (κ3) is 1.52. The Bertz CT molecular complexity index is 746. The molecule has 3 N–H and O–H groups in total. The van der Waals surface area contributed by atoms with Crippen molar-refractivity contribution in [3.63, 3.8) is 0 Å². The number of fused-ring (bicyclic) bond motifs is 1.